The van der Waals surface area contributed by atoms with Crippen molar-refractivity contribution >= 4 is 27.7 Å². The second-order valence-electron chi connectivity index (χ2n) is 8.17. The van der Waals surface area contributed by atoms with Gasteiger partial charge in [0, 0.05) is 12.3 Å². The number of para-hydroxylation sites is 1. The fraction of sp³-hybridized carbons (Fsp3) is 0.269. The van der Waals surface area contributed by atoms with Gasteiger partial charge in [-0.3, -0.25) is 0 Å². The van der Waals surface area contributed by atoms with Crippen LogP contribution in [0.15, 0.2) is 70.3 Å². The summed E-state index contributed by atoms with van der Waals surface area (Å²) in [5.74, 6) is 3.73. The Balaban J connectivity index is 1.09. The van der Waals surface area contributed by atoms with Gasteiger partial charge in [0.25, 0.3) is 0 Å². The molecular formula is C26H26BrN5O4S. The summed E-state index contributed by atoms with van der Waals surface area (Å²) in [6, 6.07) is 19.7. The van der Waals surface area contributed by atoms with E-state index in [4.69, 9.17) is 18.9 Å². The molecule has 0 unspecified atom stereocenters. The Morgan fingerprint density at radius 1 is 1.05 bits per heavy atom. The number of ether oxygens (including phenoxy) is 4. The number of halogens is 1. The lowest BCUT2D eigenvalue weighted by Crippen LogP contribution is -2.15. The van der Waals surface area contributed by atoms with Gasteiger partial charge in [0.1, 0.15) is 6.61 Å². The Kier molecular flexibility index (Phi) is 8.44. The third kappa shape index (κ3) is 6.35. The predicted molar refractivity (Wildman–Crippen MR) is 144 cm³/mol. The largest absolute Gasteiger partial charge is 0.493 e. The van der Waals surface area contributed by atoms with Crippen molar-refractivity contribution in [2.75, 3.05) is 26.2 Å². The minimum Gasteiger partial charge on any atom is -0.493 e. The van der Waals surface area contributed by atoms with E-state index in [-0.39, 0.29) is 6.79 Å². The van der Waals surface area contributed by atoms with Gasteiger partial charge in [-0.25, -0.2) is 0 Å². The molecule has 0 radical (unpaired) electrons. The van der Waals surface area contributed by atoms with E-state index < -0.39 is 0 Å². The van der Waals surface area contributed by atoms with Crippen LogP contribution in [0.25, 0.3) is 5.69 Å². The normalized spacial score (nSPS) is 12.1. The Bertz CT molecular complexity index is 1340. The molecule has 0 spiro atoms. The van der Waals surface area contributed by atoms with Gasteiger partial charge < -0.3 is 24.3 Å². The van der Waals surface area contributed by atoms with Crippen LogP contribution in [-0.2, 0) is 13.2 Å². The summed E-state index contributed by atoms with van der Waals surface area (Å²) in [7, 11) is 1.65. The summed E-state index contributed by atoms with van der Waals surface area (Å²) in [6.07, 6.45) is 0.974. The van der Waals surface area contributed by atoms with E-state index in [2.05, 4.69) is 36.8 Å². The molecule has 0 saturated heterocycles. The van der Waals surface area contributed by atoms with Crippen LogP contribution in [0, 0.1) is 0 Å². The molecule has 0 bridgehead atoms. The molecule has 0 fully saturated rings. The van der Waals surface area contributed by atoms with Crippen LogP contribution in [-0.4, -0.2) is 46.4 Å². The van der Waals surface area contributed by atoms with Gasteiger partial charge in [0.15, 0.2) is 23.0 Å². The van der Waals surface area contributed by atoms with Crippen LogP contribution in [0.4, 0.5) is 0 Å². The van der Waals surface area contributed by atoms with Gasteiger partial charge in [0.2, 0.25) is 11.9 Å². The highest BCUT2D eigenvalue weighted by Gasteiger charge is 2.16. The van der Waals surface area contributed by atoms with Crippen LogP contribution < -0.4 is 24.3 Å². The van der Waals surface area contributed by atoms with Crippen molar-refractivity contribution in [3.8, 4) is 28.7 Å². The molecule has 4 aromatic rings. The lowest BCUT2D eigenvalue weighted by atomic mass is 10.2. The van der Waals surface area contributed by atoms with Crippen molar-refractivity contribution in [3.63, 3.8) is 0 Å². The van der Waals surface area contributed by atoms with Gasteiger partial charge in [0.05, 0.1) is 17.3 Å². The number of methoxy groups -OCH3 is 1. The highest BCUT2D eigenvalue weighted by Crippen LogP contribution is 2.38. The predicted octanol–water partition coefficient (Wildman–Crippen LogP) is 5.01. The standard InChI is InChI=1S/C26H26BrN5O4S/c1-33-24-14-19(12-21(27)25(24)34-16-18-8-9-22-23(13-18)36-17-35-22)15-28-10-5-11-37-26-29-30-31-32(26)20-6-3-2-4-7-20/h2-4,6-9,12-14,28H,5,10-11,15-17H2,1H3. The quantitative estimate of drug-likeness (QED) is 0.182. The van der Waals surface area contributed by atoms with Crippen LogP contribution in [0.5, 0.6) is 23.0 Å². The molecule has 1 aromatic heterocycles. The molecule has 3 aromatic carbocycles. The molecule has 1 aliphatic heterocycles. The number of hydrogen-bond donors (Lipinski definition) is 1. The number of tetrazole rings is 1. The zero-order chi connectivity index (χ0) is 25.5. The fourth-order valence-electron chi connectivity index (χ4n) is 3.80. The Hall–Kier alpha value is -3.28. The second kappa shape index (κ2) is 12.3. The van der Waals surface area contributed by atoms with Crippen molar-refractivity contribution < 1.29 is 18.9 Å². The lowest BCUT2D eigenvalue weighted by Gasteiger charge is -2.15. The van der Waals surface area contributed by atoms with Crippen LogP contribution >= 0.6 is 27.7 Å². The minimum absolute atomic E-state index is 0.252. The average molecular weight is 584 g/mol. The maximum absolute atomic E-state index is 6.08. The van der Waals surface area contributed by atoms with E-state index in [9.17, 15) is 0 Å². The molecule has 37 heavy (non-hydrogen) atoms. The fourth-order valence-corrected chi connectivity index (χ4v) is 5.23. The number of hydrogen-bond acceptors (Lipinski definition) is 9. The summed E-state index contributed by atoms with van der Waals surface area (Å²) in [4.78, 5) is 0. The van der Waals surface area contributed by atoms with Crippen LogP contribution in [0.2, 0.25) is 0 Å². The third-order valence-corrected chi connectivity index (χ3v) is 7.20. The number of aromatic nitrogens is 4. The van der Waals surface area contributed by atoms with Gasteiger partial charge >= 0.3 is 0 Å². The van der Waals surface area contributed by atoms with E-state index in [1.807, 2.05) is 60.7 Å². The van der Waals surface area contributed by atoms with E-state index in [1.54, 1.807) is 23.6 Å². The van der Waals surface area contributed by atoms with Gasteiger partial charge in [-0.2, -0.15) is 4.68 Å². The minimum atomic E-state index is 0.252. The molecule has 1 N–H and O–H groups in total. The van der Waals surface area contributed by atoms with E-state index >= 15 is 0 Å². The lowest BCUT2D eigenvalue weighted by molar-refractivity contribution is 0.174. The number of nitrogens with zero attached hydrogens (tertiary/aromatic N) is 4. The number of nitrogens with one attached hydrogen (secondary N) is 1. The summed E-state index contributed by atoms with van der Waals surface area (Å²) in [5, 5.41) is 16.3. The van der Waals surface area contributed by atoms with Crippen LogP contribution in [0.3, 0.4) is 0 Å². The molecule has 9 nitrogen and oxygen atoms in total. The van der Waals surface area contributed by atoms with Gasteiger partial charge in [-0.1, -0.05) is 36.0 Å². The molecule has 0 aliphatic carbocycles. The summed E-state index contributed by atoms with van der Waals surface area (Å²) >= 11 is 5.29. The van der Waals surface area contributed by atoms with Crippen molar-refractivity contribution in [3.05, 3.63) is 76.3 Å². The Labute approximate surface area is 227 Å². The van der Waals surface area contributed by atoms with Gasteiger partial charge in [-0.05, 0) is 86.8 Å². The number of rotatable bonds is 12. The summed E-state index contributed by atoms with van der Waals surface area (Å²) in [6.45, 7) is 2.21. The van der Waals surface area contributed by atoms with E-state index in [0.717, 1.165) is 56.7 Å². The van der Waals surface area contributed by atoms with Crippen LogP contribution in [0.1, 0.15) is 17.5 Å². The maximum Gasteiger partial charge on any atom is 0.231 e. The number of thioether (sulfide) groups is 1. The molecular weight excluding hydrogens is 558 g/mol. The molecule has 192 valence electrons. The zero-order valence-electron chi connectivity index (χ0n) is 20.2. The molecule has 0 atom stereocenters. The average Bonchev–Trinajstić information content (AvgIpc) is 3.59. The first-order valence-corrected chi connectivity index (χ1v) is 13.5. The van der Waals surface area contributed by atoms with Crippen molar-refractivity contribution in [1.82, 2.24) is 25.5 Å². The molecule has 1 aliphatic rings. The molecule has 0 saturated carbocycles. The summed E-state index contributed by atoms with van der Waals surface area (Å²) in [5.41, 5.74) is 3.04. The number of benzene rings is 3. The highest BCUT2D eigenvalue weighted by molar-refractivity contribution is 9.10. The first-order valence-electron chi connectivity index (χ1n) is 11.8. The monoisotopic (exact) mass is 583 g/mol. The maximum atomic E-state index is 6.08. The van der Waals surface area contributed by atoms with Gasteiger partial charge in [-0.15, -0.1) is 5.10 Å². The first kappa shape index (κ1) is 25.4. The Morgan fingerprint density at radius 3 is 2.78 bits per heavy atom. The second-order valence-corrected chi connectivity index (χ2v) is 10.1. The van der Waals surface area contributed by atoms with E-state index in [1.165, 1.54) is 0 Å². The van der Waals surface area contributed by atoms with Crippen molar-refractivity contribution in [2.45, 2.75) is 24.7 Å². The smallest absolute Gasteiger partial charge is 0.231 e. The molecule has 5 rings (SSSR count). The zero-order valence-corrected chi connectivity index (χ0v) is 22.6. The van der Waals surface area contributed by atoms with Crippen molar-refractivity contribution in [1.29, 1.82) is 0 Å². The summed E-state index contributed by atoms with van der Waals surface area (Å²) < 4.78 is 25.1. The Morgan fingerprint density at radius 2 is 1.92 bits per heavy atom. The molecule has 0 amide bonds. The molecule has 11 heteroatoms. The molecule has 2 heterocycles. The topological polar surface area (TPSA) is 92.6 Å². The first-order chi connectivity index (χ1) is 18.2. The highest BCUT2D eigenvalue weighted by atomic mass is 79.9. The van der Waals surface area contributed by atoms with Crippen molar-refractivity contribution in [2.24, 2.45) is 0 Å². The third-order valence-electron chi connectivity index (χ3n) is 5.61. The number of fused-ring (bicyclic) bond motifs is 1. The van der Waals surface area contributed by atoms with E-state index in [0.29, 0.717) is 24.7 Å². The SMILES string of the molecule is COc1cc(CNCCCSc2nnnn2-c2ccccc2)cc(Br)c1OCc1ccc2c(c1)OCO2.